The van der Waals surface area contributed by atoms with E-state index in [4.69, 9.17) is 5.11 Å². The molecule has 4 heteroatoms. The highest BCUT2D eigenvalue weighted by Gasteiger charge is 2.07. The van der Waals surface area contributed by atoms with Crippen molar-refractivity contribution in [2.24, 2.45) is 0 Å². The summed E-state index contributed by atoms with van der Waals surface area (Å²) in [5, 5.41) is 19.4. The third-order valence-electron chi connectivity index (χ3n) is 1.38. The maximum atomic E-state index is 10.1. The molecule has 64 valence electrons. The lowest BCUT2D eigenvalue weighted by Gasteiger charge is -2.09. The zero-order chi connectivity index (χ0) is 8.97. The Kier molecular flexibility index (Phi) is 2.66. The Morgan fingerprint density at radius 3 is 2.42 bits per heavy atom. The van der Waals surface area contributed by atoms with Crippen LogP contribution in [0.15, 0.2) is 30.3 Å². The summed E-state index contributed by atoms with van der Waals surface area (Å²) in [5.74, 6) is 0. The highest BCUT2D eigenvalue weighted by molar-refractivity contribution is 5.64. The average molecular weight is 167 g/mol. The summed E-state index contributed by atoms with van der Waals surface area (Å²) in [5.41, 5.74) is 0.528. The predicted octanol–water partition coefficient (Wildman–Crippen LogP) is 0.945. The van der Waals surface area contributed by atoms with Crippen molar-refractivity contribution >= 4 is 6.09 Å². The average Bonchev–Trinajstić information content (AvgIpc) is 2.05. The fourth-order valence-electron chi connectivity index (χ4n) is 0.836. The van der Waals surface area contributed by atoms with Crippen LogP contribution >= 0.6 is 0 Å². The van der Waals surface area contributed by atoms with Gasteiger partial charge in [0.2, 0.25) is 0 Å². The lowest BCUT2D eigenvalue weighted by atomic mass is 10.2. The maximum Gasteiger partial charge on any atom is 0.406 e. The molecule has 0 aliphatic carbocycles. The second-order valence-electron chi connectivity index (χ2n) is 2.26. The Hall–Kier alpha value is -1.55. The number of benzene rings is 1. The second-order valence-corrected chi connectivity index (χ2v) is 2.26. The number of aliphatic hydroxyl groups excluding tert-OH is 1. The quantitative estimate of drug-likeness (QED) is 0.574. The van der Waals surface area contributed by atoms with Gasteiger partial charge in [-0.2, -0.15) is 0 Å². The highest BCUT2D eigenvalue weighted by atomic mass is 16.4. The molecule has 1 amide bonds. The van der Waals surface area contributed by atoms with Gasteiger partial charge < -0.3 is 10.2 Å². The molecule has 1 unspecified atom stereocenters. The normalized spacial score (nSPS) is 12.1. The molecule has 0 saturated carbocycles. The van der Waals surface area contributed by atoms with Gasteiger partial charge in [0, 0.05) is 5.56 Å². The molecule has 0 radical (unpaired) electrons. The Balaban J connectivity index is 2.65. The van der Waals surface area contributed by atoms with E-state index < -0.39 is 12.3 Å². The summed E-state index contributed by atoms with van der Waals surface area (Å²) in [6.45, 7) is 0. The fourth-order valence-corrected chi connectivity index (χ4v) is 0.836. The van der Waals surface area contributed by atoms with Crippen LogP contribution in [-0.4, -0.2) is 16.3 Å². The van der Waals surface area contributed by atoms with Gasteiger partial charge >= 0.3 is 6.09 Å². The number of hydrogen-bond donors (Lipinski definition) is 3. The van der Waals surface area contributed by atoms with Crippen molar-refractivity contribution in [2.45, 2.75) is 6.23 Å². The lowest BCUT2D eigenvalue weighted by Crippen LogP contribution is -2.26. The number of amides is 1. The van der Waals surface area contributed by atoms with Gasteiger partial charge in [-0.25, -0.2) is 4.79 Å². The number of rotatable bonds is 2. The van der Waals surface area contributed by atoms with Crippen LogP contribution in [0.5, 0.6) is 0 Å². The number of aliphatic hydroxyl groups is 1. The van der Waals surface area contributed by atoms with E-state index in [1.807, 2.05) is 5.32 Å². The van der Waals surface area contributed by atoms with Crippen molar-refractivity contribution < 1.29 is 15.0 Å². The number of hydrogen-bond acceptors (Lipinski definition) is 2. The van der Waals surface area contributed by atoms with Crippen LogP contribution in [0.1, 0.15) is 11.8 Å². The molecule has 0 spiro atoms. The minimum Gasteiger partial charge on any atom is -0.465 e. The monoisotopic (exact) mass is 167 g/mol. The van der Waals surface area contributed by atoms with Crippen molar-refractivity contribution in [1.29, 1.82) is 0 Å². The first-order valence-electron chi connectivity index (χ1n) is 3.42. The molecule has 0 aliphatic rings. The van der Waals surface area contributed by atoms with Crippen molar-refractivity contribution in [1.82, 2.24) is 5.32 Å². The number of nitrogens with one attached hydrogen (secondary N) is 1. The third-order valence-corrected chi connectivity index (χ3v) is 1.38. The summed E-state index contributed by atoms with van der Waals surface area (Å²) in [4.78, 5) is 10.1. The minimum absolute atomic E-state index is 0.528. The number of carboxylic acid groups (broad SMARTS) is 1. The zero-order valence-electron chi connectivity index (χ0n) is 6.27. The standard InChI is InChI=1S/C8H9NO3/c10-7(9-8(11)12)6-4-2-1-3-5-6/h1-5,7,9-10H,(H,11,12). The molecule has 1 aromatic rings. The SMILES string of the molecule is O=C(O)NC(O)c1ccccc1. The van der Waals surface area contributed by atoms with E-state index in [0.29, 0.717) is 5.56 Å². The largest absolute Gasteiger partial charge is 0.465 e. The molecule has 3 N–H and O–H groups in total. The molecular formula is C8H9NO3. The molecule has 0 bridgehead atoms. The lowest BCUT2D eigenvalue weighted by molar-refractivity contribution is 0.122. The van der Waals surface area contributed by atoms with Crippen LogP contribution < -0.4 is 5.32 Å². The highest BCUT2D eigenvalue weighted by Crippen LogP contribution is 2.07. The van der Waals surface area contributed by atoms with E-state index in [1.54, 1.807) is 30.3 Å². The third kappa shape index (κ3) is 2.25. The van der Waals surface area contributed by atoms with Gasteiger partial charge in [-0.1, -0.05) is 30.3 Å². The maximum absolute atomic E-state index is 10.1. The first kappa shape index (κ1) is 8.55. The van der Waals surface area contributed by atoms with Crippen molar-refractivity contribution in [2.75, 3.05) is 0 Å². The molecule has 1 rings (SSSR count). The Bertz CT molecular complexity index is 260. The zero-order valence-corrected chi connectivity index (χ0v) is 6.27. The van der Waals surface area contributed by atoms with Gasteiger partial charge in [-0.3, -0.25) is 5.32 Å². The molecule has 0 heterocycles. The Morgan fingerprint density at radius 1 is 1.33 bits per heavy atom. The van der Waals surface area contributed by atoms with Gasteiger partial charge in [0.25, 0.3) is 0 Å². The summed E-state index contributed by atoms with van der Waals surface area (Å²) in [6.07, 6.45) is -2.39. The van der Waals surface area contributed by atoms with E-state index in [1.165, 1.54) is 0 Å². The smallest absolute Gasteiger partial charge is 0.406 e. The van der Waals surface area contributed by atoms with Crippen LogP contribution in [-0.2, 0) is 0 Å². The van der Waals surface area contributed by atoms with Crippen LogP contribution in [0.25, 0.3) is 0 Å². The van der Waals surface area contributed by atoms with Crippen LogP contribution in [0.3, 0.4) is 0 Å². The van der Waals surface area contributed by atoms with Gasteiger partial charge in [0.1, 0.15) is 0 Å². The van der Waals surface area contributed by atoms with Gasteiger partial charge in [0.15, 0.2) is 6.23 Å². The van der Waals surface area contributed by atoms with E-state index in [0.717, 1.165) is 0 Å². The molecule has 4 nitrogen and oxygen atoms in total. The summed E-state index contributed by atoms with van der Waals surface area (Å²) in [6, 6.07) is 8.52. The van der Waals surface area contributed by atoms with E-state index in [9.17, 15) is 9.90 Å². The fraction of sp³-hybridized carbons (Fsp3) is 0.125. The molecule has 0 aliphatic heterocycles. The first-order valence-corrected chi connectivity index (χ1v) is 3.42. The van der Waals surface area contributed by atoms with Crippen molar-refractivity contribution in [3.05, 3.63) is 35.9 Å². The van der Waals surface area contributed by atoms with E-state index in [-0.39, 0.29) is 0 Å². The molecule has 1 atom stereocenters. The van der Waals surface area contributed by atoms with E-state index in [2.05, 4.69) is 0 Å². The summed E-state index contributed by atoms with van der Waals surface area (Å²) in [7, 11) is 0. The molecule has 12 heavy (non-hydrogen) atoms. The summed E-state index contributed by atoms with van der Waals surface area (Å²) >= 11 is 0. The van der Waals surface area contributed by atoms with Crippen LogP contribution in [0.4, 0.5) is 4.79 Å². The molecule has 1 aromatic carbocycles. The molecule has 0 fully saturated rings. The van der Waals surface area contributed by atoms with Crippen LogP contribution in [0, 0.1) is 0 Å². The summed E-state index contributed by atoms with van der Waals surface area (Å²) < 4.78 is 0. The van der Waals surface area contributed by atoms with E-state index >= 15 is 0 Å². The topological polar surface area (TPSA) is 69.6 Å². The Labute approximate surface area is 69.5 Å². The number of carbonyl (C=O) groups is 1. The van der Waals surface area contributed by atoms with Gasteiger partial charge in [0.05, 0.1) is 0 Å². The predicted molar refractivity (Wildman–Crippen MR) is 42.6 cm³/mol. The minimum atomic E-state index is -1.24. The Morgan fingerprint density at radius 2 is 1.92 bits per heavy atom. The first-order chi connectivity index (χ1) is 5.70. The molecular weight excluding hydrogens is 158 g/mol. The van der Waals surface area contributed by atoms with Gasteiger partial charge in [-0.15, -0.1) is 0 Å². The van der Waals surface area contributed by atoms with Crippen LogP contribution in [0.2, 0.25) is 0 Å². The second kappa shape index (κ2) is 3.73. The molecule has 0 aromatic heterocycles. The van der Waals surface area contributed by atoms with Gasteiger partial charge in [-0.05, 0) is 0 Å². The van der Waals surface area contributed by atoms with Crippen molar-refractivity contribution in [3.63, 3.8) is 0 Å². The molecule has 0 saturated heterocycles. The van der Waals surface area contributed by atoms with Crippen molar-refractivity contribution in [3.8, 4) is 0 Å².